The molecule has 0 aromatic carbocycles. The maximum absolute atomic E-state index is 13.7. The molecule has 0 aromatic rings. The number of phosphoric ester groups is 1. The Morgan fingerprint density at radius 3 is 1.06 bits per heavy atom. The number of nitrogens with zero attached hydrogens (tertiary/aromatic N) is 1. The molecular weight excluding hydrogens is 1100 g/mol. The van der Waals surface area contributed by atoms with Crippen molar-refractivity contribution in [3.05, 3.63) is 36.5 Å². The van der Waals surface area contributed by atoms with Crippen molar-refractivity contribution in [3.63, 3.8) is 0 Å². The van der Waals surface area contributed by atoms with Crippen LogP contribution in [0.4, 0.5) is 0 Å². The highest BCUT2D eigenvalue weighted by molar-refractivity contribution is 7.47. The van der Waals surface area contributed by atoms with Crippen LogP contribution in [-0.2, 0) is 27.9 Å². The van der Waals surface area contributed by atoms with Crippen LogP contribution in [0.5, 0.6) is 0 Å². The number of hydrogen-bond donors (Lipinski definition) is 2. The summed E-state index contributed by atoms with van der Waals surface area (Å²) in [4.78, 5) is 38.0. The minimum Gasteiger partial charge on any atom is -0.456 e. The summed E-state index contributed by atoms with van der Waals surface area (Å²) in [5.41, 5.74) is 0. The predicted molar refractivity (Wildman–Crippen MR) is 379 cm³/mol. The zero-order valence-corrected chi connectivity index (χ0v) is 59.9. The van der Waals surface area contributed by atoms with E-state index in [-0.39, 0.29) is 25.1 Å². The van der Waals surface area contributed by atoms with E-state index in [0.29, 0.717) is 23.9 Å². The van der Waals surface area contributed by atoms with E-state index < -0.39 is 20.0 Å². The van der Waals surface area contributed by atoms with Crippen LogP contribution in [0.2, 0.25) is 0 Å². The summed E-state index contributed by atoms with van der Waals surface area (Å²) in [7, 11) is 1.52. The van der Waals surface area contributed by atoms with Crippen LogP contribution in [0.3, 0.4) is 0 Å². The van der Waals surface area contributed by atoms with Crippen LogP contribution in [0.1, 0.15) is 393 Å². The summed E-state index contributed by atoms with van der Waals surface area (Å²) >= 11 is 0. The number of amides is 1. The van der Waals surface area contributed by atoms with Crippen molar-refractivity contribution in [2.45, 2.75) is 405 Å². The first-order valence-electron chi connectivity index (χ1n) is 38.3. The lowest BCUT2D eigenvalue weighted by Crippen LogP contribution is -2.47. The van der Waals surface area contributed by atoms with E-state index in [1.807, 2.05) is 27.2 Å². The average Bonchev–Trinajstić information content (AvgIpc) is 3.70. The molecule has 87 heavy (non-hydrogen) atoms. The van der Waals surface area contributed by atoms with Crippen molar-refractivity contribution in [2.24, 2.45) is 0 Å². The lowest BCUT2D eigenvalue weighted by molar-refractivity contribution is -0.870. The molecule has 3 unspecified atom stereocenters. The van der Waals surface area contributed by atoms with Crippen molar-refractivity contribution < 1.29 is 37.3 Å². The molecule has 0 spiro atoms. The van der Waals surface area contributed by atoms with Crippen molar-refractivity contribution in [2.75, 3.05) is 40.9 Å². The van der Waals surface area contributed by atoms with E-state index in [1.165, 1.54) is 295 Å². The molecule has 0 aromatic heterocycles. The van der Waals surface area contributed by atoms with E-state index >= 15 is 0 Å². The number of esters is 1. The molecule has 0 aliphatic heterocycles. The quantitative estimate of drug-likeness (QED) is 0.0205. The molecule has 514 valence electrons. The fourth-order valence-electron chi connectivity index (χ4n) is 11.7. The Hall–Kier alpha value is -1.77. The predicted octanol–water partition coefficient (Wildman–Crippen LogP) is 24.6. The standard InChI is InChI=1S/C77H149N2O7P/c1-7-10-13-16-19-22-25-28-30-32-34-36-37-38-39-40-41-43-44-46-48-51-54-57-60-63-66-69-76(80)78-74(73-85-87(82,83)84-72-71-79(4,5)6)75(68-65-62-59-56-53-50-27-24-21-18-15-12-9-3)86-77(81)70-67-64-61-58-55-52-49-47-45-42-35-33-31-29-26-23-20-17-14-11-8-2/h20,23,29,31,65,68,74-75H,7-19,21-22,24-28,30,32-64,66-67,69-73H2,1-6H3,(H-,78,80,82,83)/p+1/b23-20-,31-29-,68-65+. The van der Waals surface area contributed by atoms with Gasteiger partial charge in [0.2, 0.25) is 5.91 Å². The first-order valence-corrected chi connectivity index (χ1v) is 39.8. The van der Waals surface area contributed by atoms with Gasteiger partial charge in [-0.05, 0) is 63.9 Å². The molecular formula is C77H150N2O7P+. The maximum atomic E-state index is 13.7. The highest BCUT2D eigenvalue weighted by Gasteiger charge is 2.30. The topological polar surface area (TPSA) is 111 Å². The molecule has 0 saturated carbocycles. The van der Waals surface area contributed by atoms with Gasteiger partial charge in [0.1, 0.15) is 19.3 Å². The van der Waals surface area contributed by atoms with E-state index in [2.05, 4.69) is 56.5 Å². The van der Waals surface area contributed by atoms with E-state index in [1.54, 1.807) is 0 Å². The van der Waals surface area contributed by atoms with Crippen molar-refractivity contribution in [1.82, 2.24) is 5.32 Å². The summed E-state index contributed by atoms with van der Waals surface area (Å²) in [5, 5.41) is 3.09. The van der Waals surface area contributed by atoms with Gasteiger partial charge in [0.05, 0.1) is 33.8 Å². The van der Waals surface area contributed by atoms with Gasteiger partial charge >= 0.3 is 13.8 Å². The lowest BCUT2D eigenvalue weighted by atomic mass is 10.0. The van der Waals surface area contributed by atoms with Gasteiger partial charge in [0, 0.05) is 12.8 Å². The van der Waals surface area contributed by atoms with Gasteiger partial charge in [0.25, 0.3) is 0 Å². The second-order valence-corrected chi connectivity index (χ2v) is 29.0. The molecule has 1 amide bonds. The Bertz CT molecular complexity index is 1580. The number of nitrogens with one attached hydrogen (secondary N) is 1. The number of likely N-dealkylation sites (N-methyl/N-ethyl adjacent to an activating group) is 1. The summed E-state index contributed by atoms with van der Waals surface area (Å²) in [5.74, 6) is -0.484. The largest absolute Gasteiger partial charge is 0.472 e. The average molecular weight is 1250 g/mol. The fourth-order valence-corrected chi connectivity index (χ4v) is 12.4. The highest BCUT2D eigenvalue weighted by Crippen LogP contribution is 2.43. The number of quaternary nitrogens is 1. The van der Waals surface area contributed by atoms with Gasteiger partial charge in [0.15, 0.2) is 0 Å². The Morgan fingerprint density at radius 2 is 0.701 bits per heavy atom. The van der Waals surface area contributed by atoms with Crippen LogP contribution in [0.25, 0.3) is 0 Å². The first kappa shape index (κ1) is 85.2. The maximum Gasteiger partial charge on any atom is 0.472 e. The van der Waals surface area contributed by atoms with Gasteiger partial charge < -0.3 is 19.4 Å². The molecule has 0 fully saturated rings. The van der Waals surface area contributed by atoms with E-state index in [0.717, 1.165) is 64.2 Å². The first-order chi connectivity index (χ1) is 42.4. The monoisotopic (exact) mass is 1250 g/mol. The molecule has 0 saturated heterocycles. The zero-order chi connectivity index (χ0) is 63.5. The molecule has 9 nitrogen and oxygen atoms in total. The third-order valence-electron chi connectivity index (χ3n) is 17.6. The SMILES string of the molecule is CCCCC/C=C\C/C=C\CCCCCCCCCCCCCC(=O)OC(/C=C/CCCCCCCCCCCCC)C(COP(=O)(O)OCC[N+](C)(C)C)NC(=O)CCCCCCCCCCCCCCCCCCCCCCCCCCCCC. The Balaban J connectivity index is 4.97. The highest BCUT2D eigenvalue weighted by atomic mass is 31.2. The van der Waals surface area contributed by atoms with Crippen LogP contribution in [0.15, 0.2) is 36.5 Å². The molecule has 0 radical (unpaired) electrons. The second kappa shape index (κ2) is 67.1. The van der Waals surface area contributed by atoms with Crippen LogP contribution in [-0.4, -0.2) is 74.3 Å². The Morgan fingerprint density at radius 1 is 0.402 bits per heavy atom. The molecule has 2 N–H and O–H groups in total. The summed E-state index contributed by atoms with van der Waals surface area (Å²) < 4.78 is 30.9. The molecule has 0 aliphatic carbocycles. The fraction of sp³-hybridized carbons (Fsp3) is 0.896. The molecule has 3 atom stereocenters. The molecule has 0 aliphatic rings. The van der Waals surface area contributed by atoms with E-state index in [4.69, 9.17) is 13.8 Å². The summed E-state index contributed by atoms with van der Waals surface area (Å²) in [6.45, 7) is 7.06. The van der Waals surface area contributed by atoms with Crippen LogP contribution >= 0.6 is 7.82 Å². The second-order valence-electron chi connectivity index (χ2n) is 27.5. The normalized spacial score (nSPS) is 13.6. The number of ether oxygens (including phenoxy) is 1. The minimum absolute atomic E-state index is 0.0431. The third kappa shape index (κ3) is 68.4. The number of phosphoric acid groups is 1. The lowest BCUT2D eigenvalue weighted by Gasteiger charge is -2.27. The molecule has 10 heteroatoms. The number of carbonyl (C=O) groups excluding carboxylic acids is 2. The van der Waals surface area contributed by atoms with Crippen LogP contribution in [0, 0.1) is 0 Å². The third-order valence-corrected chi connectivity index (χ3v) is 18.6. The van der Waals surface area contributed by atoms with Crippen molar-refractivity contribution in [1.29, 1.82) is 0 Å². The van der Waals surface area contributed by atoms with Gasteiger partial charge in [-0.25, -0.2) is 4.57 Å². The van der Waals surface area contributed by atoms with Gasteiger partial charge in [-0.1, -0.05) is 353 Å². The van der Waals surface area contributed by atoms with Crippen molar-refractivity contribution in [3.8, 4) is 0 Å². The summed E-state index contributed by atoms with van der Waals surface area (Å²) in [6, 6.07) is -0.847. The van der Waals surface area contributed by atoms with E-state index in [9.17, 15) is 19.0 Å². The number of rotatable bonds is 71. The molecule has 0 heterocycles. The van der Waals surface area contributed by atoms with Gasteiger partial charge in [-0.3, -0.25) is 18.6 Å². The minimum atomic E-state index is -4.45. The number of hydrogen-bond acceptors (Lipinski definition) is 6. The molecule has 0 bridgehead atoms. The Labute approximate surface area is 542 Å². The molecule has 0 rings (SSSR count). The summed E-state index contributed by atoms with van der Waals surface area (Å²) in [6.07, 6.45) is 84.6. The number of allylic oxidation sites excluding steroid dienone is 5. The smallest absolute Gasteiger partial charge is 0.456 e. The number of unbranched alkanes of at least 4 members (excludes halogenated alkanes) is 51. The van der Waals surface area contributed by atoms with Crippen molar-refractivity contribution >= 4 is 19.7 Å². The van der Waals surface area contributed by atoms with Crippen LogP contribution < -0.4 is 5.32 Å². The van der Waals surface area contributed by atoms with Gasteiger partial charge in [-0.15, -0.1) is 0 Å². The van der Waals surface area contributed by atoms with Gasteiger partial charge in [-0.2, -0.15) is 0 Å². The number of carbonyl (C=O) groups is 2. The zero-order valence-electron chi connectivity index (χ0n) is 59.0. The Kier molecular flexibility index (Phi) is 65.8.